The maximum atomic E-state index is 12.8. The van der Waals surface area contributed by atoms with Crippen LogP contribution >= 0.6 is 11.6 Å². The molecule has 128 valence electrons. The molecular weight excluding hydrogens is 341 g/mol. The standard InChI is InChI=1S/C18H16ClF3O2/c1-17(2,3)12-6-10(9-23)16(24)14(7-12)13-5-4-11(8-15(13)19)18(20,21)22/h4-9,24H,1-3H3. The van der Waals surface area contributed by atoms with Crippen LogP contribution < -0.4 is 0 Å². The van der Waals surface area contributed by atoms with Crippen LogP contribution in [0.5, 0.6) is 5.75 Å². The Kier molecular flexibility index (Phi) is 4.68. The Bertz CT molecular complexity index is 790. The number of aromatic hydroxyl groups is 1. The Morgan fingerprint density at radius 1 is 1.00 bits per heavy atom. The number of aldehydes is 1. The molecule has 0 fully saturated rings. The van der Waals surface area contributed by atoms with Gasteiger partial charge in [-0.2, -0.15) is 13.2 Å². The molecule has 2 nitrogen and oxygen atoms in total. The summed E-state index contributed by atoms with van der Waals surface area (Å²) in [7, 11) is 0. The van der Waals surface area contributed by atoms with Crippen LogP contribution in [0.25, 0.3) is 11.1 Å². The molecule has 0 spiro atoms. The topological polar surface area (TPSA) is 37.3 Å². The minimum atomic E-state index is -4.51. The van der Waals surface area contributed by atoms with E-state index in [-0.39, 0.29) is 32.9 Å². The van der Waals surface area contributed by atoms with Gasteiger partial charge < -0.3 is 5.11 Å². The SMILES string of the molecule is CC(C)(C)c1cc(C=O)c(O)c(-c2ccc(C(F)(F)F)cc2Cl)c1. The van der Waals surface area contributed by atoms with Crippen molar-refractivity contribution in [2.24, 2.45) is 0 Å². The number of benzene rings is 2. The quantitative estimate of drug-likeness (QED) is 0.686. The zero-order valence-electron chi connectivity index (χ0n) is 13.3. The lowest BCUT2D eigenvalue weighted by molar-refractivity contribution is -0.137. The van der Waals surface area contributed by atoms with Crippen molar-refractivity contribution >= 4 is 17.9 Å². The number of halogens is 4. The molecule has 0 bridgehead atoms. The van der Waals surface area contributed by atoms with Gasteiger partial charge in [-0.1, -0.05) is 38.4 Å². The van der Waals surface area contributed by atoms with Crippen LogP contribution in [-0.2, 0) is 11.6 Å². The molecule has 0 saturated heterocycles. The van der Waals surface area contributed by atoms with Crippen molar-refractivity contribution in [3.05, 3.63) is 52.0 Å². The molecule has 0 unspecified atom stereocenters. The Hall–Kier alpha value is -2.01. The van der Waals surface area contributed by atoms with Crippen LogP contribution in [0.4, 0.5) is 13.2 Å². The summed E-state index contributed by atoms with van der Waals surface area (Å²) in [6.07, 6.45) is -4.00. The van der Waals surface area contributed by atoms with E-state index < -0.39 is 11.7 Å². The van der Waals surface area contributed by atoms with Crippen molar-refractivity contribution in [3.8, 4) is 16.9 Å². The van der Waals surface area contributed by atoms with Gasteiger partial charge in [0, 0.05) is 16.1 Å². The number of rotatable bonds is 2. The molecule has 2 aromatic carbocycles. The predicted octanol–water partition coefficient (Wildman–Crippen LogP) is 5.84. The van der Waals surface area contributed by atoms with E-state index in [0.717, 1.165) is 17.7 Å². The van der Waals surface area contributed by atoms with Crippen molar-refractivity contribution in [3.63, 3.8) is 0 Å². The van der Waals surface area contributed by atoms with Gasteiger partial charge >= 0.3 is 6.18 Å². The fourth-order valence-corrected chi connectivity index (χ4v) is 2.58. The third-order valence-electron chi connectivity index (χ3n) is 3.72. The average Bonchev–Trinajstić information content (AvgIpc) is 2.45. The van der Waals surface area contributed by atoms with Gasteiger partial charge in [-0.3, -0.25) is 4.79 Å². The minimum Gasteiger partial charge on any atom is -0.507 e. The number of hydrogen-bond donors (Lipinski definition) is 1. The summed E-state index contributed by atoms with van der Waals surface area (Å²) >= 11 is 6.00. The summed E-state index contributed by atoms with van der Waals surface area (Å²) in [6, 6.07) is 6.09. The zero-order valence-corrected chi connectivity index (χ0v) is 14.1. The minimum absolute atomic E-state index is 0.0633. The summed E-state index contributed by atoms with van der Waals surface area (Å²) < 4.78 is 38.3. The van der Waals surface area contributed by atoms with E-state index in [1.807, 2.05) is 20.8 Å². The average molecular weight is 357 g/mol. The van der Waals surface area contributed by atoms with Gasteiger partial charge in [0.2, 0.25) is 0 Å². The Labute approximate surface area is 142 Å². The zero-order chi connectivity index (χ0) is 18.3. The summed E-state index contributed by atoms with van der Waals surface area (Å²) in [5.74, 6) is -0.306. The fraction of sp³-hybridized carbons (Fsp3) is 0.278. The van der Waals surface area contributed by atoms with E-state index in [0.29, 0.717) is 6.29 Å². The molecule has 0 heterocycles. The first-order valence-electron chi connectivity index (χ1n) is 7.15. The molecule has 1 N–H and O–H groups in total. The lowest BCUT2D eigenvalue weighted by Gasteiger charge is -2.22. The van der Waals surface area contributed by atoms with Gasteiger partial charge in [0.05, 0.1) is 11.1 Å². The van der Waals surface area contributed by atoms with Crippen molar-refractivity contribution in [1.29, 1.82) is 0 Å². The highest BCUT2D eigenvalue weighted by Gasteiger charge is 2.31. The molecular formula is C18H16ClF3O2. The molecule has 2 aromatic rings. The molecule has 0 aromatic heterocycles. The highest BCUT2D eigenvalue weighted by Crippen LogP contribution is 2.41. The van der Waals surface area contributed by atoms with Crippen LogP contribution in [-0.4, -0.2) is 11.4 Å². The van der Waals surface area contributed by atoms with E-state index in [2.05, 4.69) is 0 Å². The number of phenols is 1. The highest BCUT2D eigenvalue weighted by molar-refractivity contribution is 6.33. The molecule has 24 heavy (non-hydrogen) atoms. The Balaban J connectivity index is 2.70. The van der Waals surface area contributed by atoms with E-state index in [9.17, 15) is 23.1 Å². The lowest BCUT2D eigenvalue weighted by atomic mass is 9.84. The number of carbonyl (C=O) groups is 1. The van der Waals surface area contributed by atoms with E-state index in [1.165, 1.54) is 6.07 Å². The maximum Gasteiger partial charge on any atom is 0.416 e. The van der Waals surface area contributed by atoms with Gasteiger partial charge in [0.1, 0.15) is 5.75 Å². The van der Waals surface area contributed by atoms with Gasteiger partial charge in [-0.25, -0.2) is 0 Å². The largest absolute Gasteiger partial charge is 0.507 e. The third-order valence-corrected chi connectivity index (χ3v) is 4.03. The fourth-order valence-electron chi connectivity index (χ4n) is 2.29. The summed E-state index contributed by atoms with van der Waals surface area (Å²) in [5.41, 5.74) is 0.0817. The van der Waals surface area contributed by atoms with Crippen molar-refractivity contribution in [2.45, 2.75) is 32.4 Å². The normalized spacial score (nSPS) is 12.3. The van der Waals surface area contributed by atoms with Gasteiger partial charge in [-0.05, 0) is 35.2 Å². The van der Waals surface area contributed by atoms with Crippen molar-refractivity contribution in [2.75, 3.05) is 0 Å². The molecule has 0 saturated carbocycles. The maximum absolute atomic E-state index is 12.8. The molecule has 0 atom stereocenters. The van der Waals surface area contributed by atoms with Crippen LogP contribution in [0, 0.1) is 0 Å². The van der Waals surface area contributed by atoms with Gasteiger partial charge in [-0.15, -0.1) is 0 Å². The van der Waals surface area contributed by atoms with Crippen LogP contribution in [0.1, 0.15) is 42.3 Å². The third kappa shape index (κ3) is 3.56. The number of phenolic OH excluding ortho intramolecular Hbond substituents is 1. The molecule has 0 amide bonds. The monoisotopic (exact) mass is 356 g/mol. The van der Waals surface area contributed by atoms with E-state index >= 15 is 0 Å². The molecule has 0 aliphatic heterocycles. The number of carbonyl (C=O) groups excluding carboxylic acids is 1. The Morgan fingerprint density at radius 2 is 1.62 bits per heavy atom. The molecule has 0 radical (unpaired) electrons. The highest BCUT2D eigenvalue weighted by atomic mass is 35.5. The number of hydrogen-bond acceptors (Lipinski definition) is 2. The first kappa shape index (κ1) is 18.3. The van der Waals surface area contributed by atoms with Crippen molar-refractivity contribution in [1.82, 2.24) is 0 Å². The van der Waals surface area contributed by atoms with E-state index in [4.69, 9.17) is 11.6 Å². The first-order valence-corrected chi connectivity index (χ1v) is 7.52. The molecule has 6 heteroatoms. The molecule has 0 aliphatic rings. The second-order valence-electron chi connectivity index (χ2n) is 6.52. The summed E-state index contributed by atoms with van der Waals surface area (Å²) in [6.45, 7) is 5.77. The van der Waals surface area contributed by atoms with Crippen LogP contribution in [0.3, 0.4) is 0 Å². The second kappa shape index (κ2) is 6.13. The van der Waals surface area contributed by atoms with Gasteiger partial charge in [0.15, 0.2) is 6.29 Å². The lowest BCUT2D eigenvalue weighted by Crippen LogP contribution is -2.12. The Morgan fingerprint density at radius 3 is 2.08 bits per heavy atom. The van der Waals surface area contributed by atoms with Crippen LogP contribution in [0.2, 0.25) is 5.02 Å². The van der Waals surface area contributed by atoms with E-state index in [1.54, 1.807) is 12.1 Å². The smallest absolute Gasteiger partial charge is 0.416 e. The molecule has 2 rings (SSSR count). The second-order valence-corrected chi connectivity index (χ2v) is 6.93. The van der Waals surface area contributed by atoms with Gasteiger partial charge in [0.25, 0.3) is 0 Å². The van der Waals surface area contributed by atoms with Crippen molar-refractivity contribution < 1.29 is 23.1 Å². The van der Waals surface area contributed by atoms with Crippen LogP contribution in [0.15, 0.2) is 30.3 Å². The summed E-state index contributed by atoms with van der Waals surface area (Å²) in [4.78, 5) is 11.2. The molecule has 0 aliphatic carbocycles. The predicted molar refractivity (Wildman–Crippen MR) is 87.6 cm³/mol. The number of alkyl halides is 3. The first-order chi connectivity index (χ1) is 10.9. The summed E-state index contributed by atoms with van der Waals surface area (Å²) in [5, 5.41) is 10.1.